The van der Waals surface area contributed by atoms with E-state index in [4.69, 9.17) is 16.3 Å². The highest BCUT2D eigenvalue weighted by Gasteiger charge is 2.34. The molecule has 0 amide bonds. The van der Waals surface area contributed by atoms with Crippen molar-refractivity contribution in [3.63, 3.8) is 0 Å². The summed E-state index contributed by atoms with van der Waals surface area (Å²) in [6, 6.07) is 7.52. The number of benzene rings is 1. The Bertz CT molecular complexity index is 838. The van der Waals surface area contributed by atoms with Crippen LogP contribution in [0, 0.1) is 0 Å². The summed E-state index contributed by atoms with van der Waals surface area (Å²) in [5.41, 5.74) is 2.16. The fourth-order valence-corrected chi connectivity index (χ4v) is 3.43. The molecular weight excluding hydrogens is 342 g/mol. The van der Waals surface area contributed by atoms with Crippen LogP contribution in [0.25, 0.3) is 0 Å². The van der Waals surface area contributed by atoms with Gasteiger partial charge >= 0.3 is 5.97 Å². The molecule has 0 bridgehead atoms. The number of hydrogen-bond acceptors (Lipinski definition) is 6. The molecule has 7 heteroatoms. The zero-order valence-corrected chi connectivity index (χ0v) is 14.5. The van der Waals surface area contributed by atoms with Crippen LogP contribution in [0.2, 0.25) is 5.02 Å². The minimum atomic E-state index is -0.593. The van der Waals surface area contributed by atoms with Crippen molar-refractivity contribution in [1.82, 2.24) is 9.97 Å². The molecule has 2 aliphatic rings. The zero-order chi connectivity index (χ0) is 17.6. The van der Waals surface area contributed by atoms with E-state index >= 15 is 0 Å². The van der Waals surface area contributed by atoms with Gasteiger partial charge in [-0.05, 0) is 24.0 Å². The number of nitrogens with zero attached hydrogens (tertiary/aromatic N) is 2. The molecular formula is C18H18ClN3O3. The number of aromatic nitrogens is 2. The maximum Gasteiger partial charge on any atom is 0.358 e. The number of halogens is 1. The lowest BCUT2D eigenvalue weighted by Crippen LogP contribution is -2.23. The normalized spacial score (nSPS) is 21.7. The van der Waals surface area contributed by atoms with E-state index in [9.17, 15) is 9.90 Å². The molecule has 0 radical (unpaired) electrons. The number of nitrogens with one attached hydrogen (secondary N) is 1. The Kier molecular flexibility index (Phi) is 4.09. The lowest BCUT2D eigenvalue weighted by molar-refractivity contribution is 0.0593. The average molecular weight is 360 g/mol. The molecule has 130 valence electrons. The summed E-state index contributed by atoms with van der Waals surface area (Å²) in [6.07, 6.45) is 1.97. The van der Waals surface area contributed by atoms with Gasteiger partial charge in [-0.1, -0.05) is 35.9 Å². The Morgan fingerprint density at radius 1 is 1.32 bits per heavy atom. The summed E-state index contributed by atoms with van der Waals surface area (Å²) in [5, 5.41) is 13.8. The lowest BCUT2D eigenvalue weighted by Gasteiger charge is -2.20. The fraction of sp³-hybridized carbons (Fsp3) is 0.389. The topological polar surface area (TPSA) is 84.3 Å². The first-order valence-electron chi connectivity index (χ1n) is 8.26. The Hall–Kier alpha value is -2.18. The van der Waals surface area contributed by atoms with Gasteiger partial charge in [-0.3, -0.25) is 0 Å². The maximum absolute atomic E-state index is 12.0. The van der Waals surface area contributed by atoms with E-state index < -0.39 is 12.1 Å². The Morgan fingerprint density at radius 3 is 2.80 bits per heavy atom. The van der Waals surface area contributed by atoms with Gasteiger partial charge in [0.2, 0.25) is 0 Å². The second-order valence-electron chi connectivity index (χ2n) is 6.45. The quantitative estimate of drug-likeness (QED) is 0.816. The van der Waals surface area contributed by atoms with Crippen LogP contribution < -0.4 is 5.32 Å². The summed E-state index contributed by atoms with van der Waals surface area (Å²) in [4.78, 5) is 20.8. The third-order valence-electron chi connectivity index (χ3n) is 4.69. The van der Waals surface area contributed by atoms with E-state index in [0.29, 0.717) is 18.1 Å². The molecule has 1 aromatic heterocycles. The Morgan fingerprint density at radius 2 is 2.08 bits per heavy atom. The third kappa shape index (κ3) is 2.96. The molecule has 2 atom stereocenters. The molecule has 0 aliphatic heterocycles. The van der Waals surface area contributed by atoms with Crippen molar-refractivity contribution in [3.8, 4) is 0 Å². The average Bonchev–Trinajstić information content (AvgIpc) is 3.41. The van der Waals surface area contributed by atoms with Gasteiger partial charge in [0.1, 0.15) is 16.7 Å². The van der Waals surface area contributed by atoms with Crippen LogP contribution in [-0.2, 0) is 11.2 Å². The number of methoxy groups -OCH3 is 1. The number of fused-ring (bicyclic) bond motifs is 1. The molecule has 25 heavy (non-hydrogen) atoms. The van der Waals surface area contributed by atoms with E-state index in [-0.39, 0.29) is 22.7 Å². The Balaban J connectivity index is 1.72. The number of carbonyl (C=O) groups is 1. The maximum atomic E-state index is 12.0. The number of aliphatic hydroxyl groups is 1. The second kappa shape index (κ2) is 6.28. The predicted octanol–water partition coefficient (Wildman–Crippen LogP) is 2.86. The smallest absolute Gasteiger partial charge is 0.358 e. The number of hydrogen-bond donors (Lipinski definition) is 2. The van der Waals surface area contributed by atoms with Crippen molar-refractivity contribution in [2.45, 2.75) is 37.3 Å². The largest absolute Gasteiger partial charge is 0.464 e. The molecule has 4 rings (SSSR count). The summed E-state index contributed by atoms with van der Waals surface area (Å²) in [5.74, 6) is 0.611. The van der Waals surface area contributed by atoms with Crippen LogP contribution in [0.15, 0.2) is 24.3 Å². The molecule has 2 aliphatic carbocycles. The lowest BCUT2D eigenvalue weighted by atomic mass is 10.1. The van der Waals surface area contributed by atoms with E-state index in [1.54, 1.807) is 0 Å². The fourth-order valence-electron chi connectivity index (χ4n) is 3.21. The van der Waals surface area contributed by atoms with Crippen molar-refractivity contribution < 1.29 is 14.6 Å². The van der Waals surface area contributed by atoms with E-state index in [1.807, 2.05) is 24.3 Å². The van der Waals surface area contributed by atoms with Crippen molar-refractivity contribution in [3.05, 3.63) is 51.9 Å². The molecule has 1 fully saturated rings. The zero-order valence-electron chi connectivity index (χ0n) is 13.7. The molecule has 2 N–H and O–H groups in total. The highest BCUT2D eigenvalue weighted by Crippen LogP contribution is 2.41. The monoisotopic (exact) mass is 359 g/mol. The van der Waals surface area contributed by atoms with Crippen molar-refractivity contribution in [2.24, 2.45) is 0 Å². The van der Waals surface area contributed by atoms with Crippen LogP contribution in [0.3, 0.4) is 0 Å². The molecule has 0 unspecified atom stereocenters. The molecule has 6 nitrogen and oxygen atoms in total. The highest BCUT2D eigenvalue weighted by molar-refractivity contribution is 6.35. The van der Waals surface area contributed by atoms with Crippen molar-refractivity contribution in [2.75, 3.05) is 12.4 Å². The van der Waals surface area contributed by atoms with Gasteiger partial charge in [0.15, 0.2) is 5.69 Å². The highest BCUT2D eigenvalue weighted by atomic mass is 35.5. The van der Waals surface area contributed by atoms with E-state index in [0.717, 1.165) is 24.0 Å². The number of ether oxygens (including phenoxy) is 1. The van der Waals surface area contributed by atoms with Gasteiger partial charge in [0.25, 0.3) is 0 Å². The molecule has 0 spiro atoms. The Labute approximate surface area is 150 Å². The molecule has 1 aromatic carbocycles. The molecule has 0 saturated heterocycles. The second-order valence-corrected chi connectivity index (χ2v) is 6.83. The first-order valence-corrected chi connectivity index (χ1v) is 8.64. The molecule has 2 aromatic rings. The van der Waals surface area contributed by atoms with Crippen molar-refractivity contribution >= 4 is 23.4 Å². The third-order valence-corrected chi connectivity index (χ3v) is 5.04. The first kappa shape index (κ1) is 16.3. The van der Waals surface area contributed by atoms with Gasteiger partial charge in [-0.2, -0.15) is 0 Å². The predicted molar refractivity (Wildman–Crippen MR) is 92.9 cm³/mol. The van der Waals surface area contributed by atoms with Gasteiger partial charge in [0.05, 0.1) is 19.3 Å². The number of esters is 1. The van der Waals surface area contributed by atoms with Gasteiger partial charge in [0, 0.05) is 12.3 Å². The van der Waals surface area contributed by atoms with Crippen molar-refractivity contribution in [1.29, 1.82) is 0 Å². The standard InChI is InChI=1S/C18H18ClN3O3/c1-25-18(24)15-13(19)17(22-16(21-15)9-6-7-9)20-14-11-5-3-2-4-10(11)8-12(14)23/h2-5,9,12,14,23H,6-8H2,1H3,(H,20,21,22)/t12-,14+/m1/s1. The SMILES string of the molecule is COC(=O)c1nc(C2CC2)nc(N[C@H]2c3ccccc3C[C@H]2O)c1Cl. The number of anilines is 1. The molecule has 1 saturated carbocycles. The van der Waals surface area contributed by atoms with Gasteiger partial charge in [-0.25, -0.2) is 14.8 Å². The van der Waals surface area contributed by atoms with Crippen LogP contribution in [0.1, 0.15) is 52.2 Å². The van der Waals surface area contributed by atoms with Crippen LogP contribution >= 0.6 is 11.6 Å². The number of aliphatic hydroxyl groups excluding tert-OH is 1. The summed E-state index contributed by atoms with van der Waals surface area (Å²) in [7, 11) is 1.29. The summed E-state index contributed by atoms with van der Waals surface area (Å²) < 4.78 is 4.78. The van der Waals surface area contributed by atoms with Crippen LogP contribution in [0.4, 0.5) is 5.82 Å². The van der Waals surface area contributed by atoms with Gasteiger partial charge in [-0.15, -0.1) is 0 Å². The molecule has 1 heterocycles. The van der Waals surface area contributed by atoms with E-state index in [1.165, 1.54) is 7.11 Å². The van der Waals surface area contributed by atoms with E-state index in [2.05, 4.69) is 15.3 Å². The summed E-state index contributed by atoms with van der Waals surface area (Å²) in [6.45, 7) is 0. The number of carbonyl (C=O) groups excluding carboxylic acids is 1. The van der Waals surface area contributed by atoms with Crippen LogP contribution in [-0.4, -0.2) is 34.3 Å². The number of rotatable bonds is 4. The first-order chi connectivity index (χ1) is 12.1. The van der Waals surface area contributed by atoms with Crippen LogP contribution in [0.5, 0.6) is 0 Å². The summed E-state index contributed by atoms with van der Waals surface area (Å²) >= 11 is 6.36. The minimum Gasteiger partial charge on any atom is -0.464 e. The minimum absolute atomic E-state index is 0.0596. The van der Waals surface area contributed by atoms with Gasteiger partial charge < -0.3 is 15.2 Å².